The van der Waals surface area contributed by atoms with Crippen molar-refractivity contribution in [1.29, 1.82) is 0 Å². The van der Waals surface area contributed by atoms with E-state index in [9.17, 15) is 4.79 Å². The number of hydrogen-bond acceptors (Lipinski definition) is 7. The minimum absolute atomic E-state index is 0.426. The largest absolute Gasteiger partial charge is 0.369 e. The van der Waals surface area contributed by atoms with E-state index in [0.717, 1.165) is 43.1 Å². The number of hydrogen-bond donors (Lipinski definition) is 2. The average Bonchev–Trinajstić information content (AvgIpc) is 3.46. The average molecular weight is 434 g/mol. The van der Waals surface area contributed by atoms with Crippen LogP contribution in [-0.4, -0.2) is 58.4 Å². The maximum atomic E-state index is 11.4. The van der Waals surface area contributed by atoms with Crippen molar-refractivity contribution in [2.75, 3.05) is 43.4 Å². The van der Waals surface area contributed by atoms with Crippen molar-refractivity contribution < 1.29 is 4.79 Å². The third-order valence-electron chi connectivity index (χ3n) is 5.56. The van der Waals surface area contributed by atoms with Gasteiger partial charge >= 0.3 is 0 Å². The minimum atomic E-state index is -0.426. The molecule has 4 aromatic rings. The molecule has 158 valence electrons. The Balaban J connectivity index is 1.39. The third kappa shape index (κ3) is 3.85. The van der Waals surface area contributed by atoms with Gasteiger partial charge in [0.2, 0.25) is 0 Å². The Bertz CT molecular complexity index is 1220. The molecule has 0 atom stereocenters. The van der Waals surface area contributed by atoms with E-state index >= 15 is 0 Å². The maximum absolute atomic E-state index is 11.4. The number of benzene rings is 1. The lowest BCUT2D eigenvalue weighted by Gasteiger charge is -2.34. The van der Waals surface area contributed by atoms with Gasteiger partial charge < -0.3 is 20.9 Å². The van der Waals surface area contributed by atoms with Crippen LogP contribution in [0, 0.1) is 0 Å². The van der Waals surface area contributed by atoms with Gasteiger partial charge in [0, 0.05) is 60.9 Å². The summed E-state index contributed by atoms with van der Waals surface area (Å²) in [5, 5.41) is 5.28. The molecule has 0 saturated carbocycles. The Morgan fingerprint density at radius 1 is 1.13 bits per heavy atom. The van der Waals surface area contributed by atoms with Crippen molar-refractivity contribution in [1.82, 2.24) is 19.3 Å². The van der Waals surface area contributed by atoms with Crippen molar-refractivity contribution in [2.24, 2.45) is 5.73 Å². The van der Waals surface area contributed by atoms with Crippen molar-refractivity contribution in [3.8, 4) is 11.3 Å². The highest BCUT2D eigenvalue weighted by Gasteiger charge is 2.15. The summed E-state index contributed by atoms with van der Waals surface area (Å²) in [5.41, 5.74) is 10.0. The first kappa shape index (κ1) is 19.5. The number of imidazole rings is 1. The van der Waals surface area contributed by atoms with E-state index in [2.05, 4.69) is 56.4 Å². The number of piperazine rings is 1. The summed E-state index contributed by atoms with van der Waals surface area (Å²) in [5.74, 6) is 0.246. The van der Waals surface area contributed by atoms with E-state index in [4.69, 9.17) is 5.73 Å². The summed E-state index contributed by atoms with van der Waals surface area (Å²) in [6, 6.07) is 10.2. The van der Waals surface area contributed by atoms with Gasteiger partial charge in [0.15, 0.2) is 11.5 Å². The smallest absolute Gasteiger partial charge is 0.258 e. The second-order valence-electron chi connectivity index (χ2n) is 7.64. The zero-order valence-corrected chi connectivity index (χ0v) is 18.0. The molecule has 1 aliphatic rings. The zero-order valence-electron chi connectivity index (χ0n) is 17.2. The Hall–Kier alpha value is -3.43. The fraction of sp³-hybridized carbons (Fsp3) is 0.227. The van der Waals surface area contributed by atoms with Crippen LogP contribution in [0.2, 0.25) is 0 Å². The first-order valence-corrected chi connectivity index (χ1v) is 11.0. The summed E-state index contributed by atoms with van der Waals surface area (Å²) < 4.78 is 1.96. The molecule has 0 radical (unpaired) electrons. The number of thiophene rings is 1. The van der Waals surface area contributed by atoms with E-state index < -0.39 is 5.91 Å². The van der Waals surface area contributed by atoms with Crippen LogP contribution in [0.3, 0.4) is 0 Å². The lowest BCUT2D eigenvalue weighted by Crippen LogP contribution is -2.44. The first-order chi connectivity index (χ1) is 15.1. The number of rotatable bonds is 5. The predicted octanol–water partition coefficient (Wildman–Crippen LogP) is 3.05. The fourth-order valence-electron chi connectivity index (χ4n) is 3.78. The van der Waals surface area contributed by atoms with Gasteiger partial charge in [0.05, 0.1) is 16.8 Å². The predicted molar refractivity (Wildman–Crippen MR) is 124 cm³/mol. The standard InChI is InChI=1S/C22H23N7OS/c1-27-8-10-28(11-9-27)17-4-2-16(3-5-17)26-21-22-24-6-7-29(22)18(13-25-21)15-12-19(20(23)30)31-14-15/h2-7,12-14H,8-11H2,1H3,(H2,23,30)(H,25,26). The number of anilines is 3. The second kappa shape index (κ2) is 8.01. The Labute approximate surface area is 183 Å². The lowest BCUT2D eigenvalue weighted by molar-refractivity contribution is 0.100. The topological polar surface area (TPSA) is 91.8 Å². The van der Waals surface area contributed by atoms with Gasteiger partial charge in [-0.25, -0.2) is 9.97 Å². The van der Waals surface area contributed by atoms with Crippen LogP contribution in [0.15, 0.2) is 54.3 Å². The van der Waals surface area contributed by atoms with Gasteiger partial charge in [-0.2, -0.15) is 0 Å². The summed E-state index contributed by atoms with van der Waals surface area (Å²) in [4.78, 5) is 25.8. The fourth-order valence-corrected chi connectivity index (χ4v) is 4.53. The molecule has 0 unspecified atom stereocenters. The number of fused-ring (bicyclic) bond motifs is 1. The monoisotopic (exact) mass is 433 g/mol. The molecule has 0 aliphatic carbocycles. The van der Waals surface area contributed by atoms with Gasteiger partial charge in [-0.15, -0.1) is 11.3 Å². The van der Waals surface area contributed by atoms with Crippen LogP contribution >= 0.6 is 11.3 Å². The number of amides is 1. The summed E-state index contributed by atoms with van der Waals surface area (Å²) >= 11 is 1.33. The van der Waals surface area contributed by atoms with Gasteiger partial charge in [-0.3, -0.25) is 9.20 Å². The van der Waals surface area contributed by atoms with Crippen LogP contribution in [0.4, 0.5) is 17.2 Å². The van der Waals surface area contributed by atoms with Crippen molar-refractivity contribution in [3.05, 3.63) is 59.2 Å². The van der Waals surface area contributed by atoms with Crippen LogP contribution in [-0.2, 0) is 0 Å². The normalized spacial score (nSPS) is 14.8. The molecule has 0 bridgehead atoms. The van der Waals surface area contributed by atoms with E-state index in [0.29, 0.717) is 16.3 Å². The van der Waals surface area contributed by atoms with Gasteiger partial charge in [-0.1, -0.05) is 0 Å². The molecule has 0 spiro atoms. The van der Waals surface area contributed by atoms with Crippen LogP contribution < -0.4 is 16.0 Å². The SMILES string of the molecule is CN1CCN(c2ccc(Nc3ncc(-c4csc(C(N)=O)c4)n4ccnc34)cc2)CC1. The number of aromatic nitrogens is 3. The Kier molecular flexibility index (Phi) is 5.05. The molecule has 5 rings (SSSR count). The zero-order chi connectivity index (χ0) is 21.4. The third-order valence-corrected chi connectivity index (χ3v) is 6.51. The highest BCUT2D eigenvalue weighted by Crippen LogP contribution is 2.29. The molecule has 1 aliphatic heterocycles. The number of likely N-dealkylation sites (N-methyl/N-ethyl adjacent to an activating group) is 1. The quantitative estimate of drug-likeness (QED) is 0.503. The molecule has 1 amide bonds. The second-order valence-corrected chi connectivity index (χ2v) is 8.55. The highest BCUT2D eigenvalue weighted by atomic mass is 32.1. The molecule has 1 fully saturated rings. The molecule has 3 aromatic heterocycles. The number of carbonyl (C=O) groups excluding carboxylic acids is 1. The first-order valence-electron chi connectivity index (χ1n) is 10.1. The lowest BCUT2D eigenvalue weighted by atomic mass is 10.2. The van der Waals surface area contributed by atoms with Gasteiger partial charge in [-0.05, 0) is 37.4 Å². The molecule has 8 nitrogen and oxygen atoms in total. The van der Waals surface area contributed by atoms with Crippen LogP contribution in [0.1, 0.15) is 9.67 Å². The highest BCUT2D eigenvalue weighted by molar-refractivity contribution is 7.12. The van der Waals surface area contributed by atoms with Crippen molar-refractivity contribution in [3.63, 3.8) is 0 Å². The molecular formula is C22H23N7OS. The number of primary amides is 1. The van der Waals surface area contributed by atoms with Crippen molar-refractivity contribution in [2.45, 2.75) is 0 Å². The summed E-state index contributed by atoms with van der Waals surface area (Å²) in [6.07, 6.45) is 5.40. The molecule has 3 N–H and O–H groups in total. The molecule has 9 heteroatoms. The van der Waals surface area contributed by atoms with E-state index in [-0.39, 0.29) is 0 Å². The van der Waals surface area contributed by atoms with E-state index in [1.807, 2.05) is 16.0 Å². The molecule has 31 heavy (non-hydrogen) atoms. The van der Waals surface area contributed by atoms with Crippen molar-refractivity contribution >= 4 is 40.1 Å². The van der Waals surface area contributed by atoms with Gasteiger partial charge in [0.1, 0.15) is 0 Å². The van der Waals surface area contributed by atoms with Crippen LogP contribution in [0.5, 0.6) is 0 Å². The Morgan fingerprint density at radius 3 is 2.61 bits per heavy atom. The Morgan fingerprint density at radius 2 is 1.90 bits per heavy atom. The molecule has 1 aromatic carbocycles. The number of nitrogens with one attached hydrogen (secondary N) is 1. The molecule has 4 heterocycles. The molecule has 1 saturated heterocycles. The number of nitrogens with two attached hydrogens (primary N) is 1. The maximum Gasteiger partial charge on any atom is 0.258 e. The molecular weight excluding hydrogens is 410 g/mol. The number of carbonyl (C=O) groups is 1. The number of nitrogens with zero attached hydrogens (tertiary/aromatic N) is 5. The van der Waals surface area contributed by atoms with E-state index in [1.165, 1.54) is 17.0 Å². The summed E-state index contributed by atoms with van der Waals surface area (Å²) in [7, 11) is 2.16. The van der Waals surface area contributed by atoms with Crippen LogP contribution in [0.25, 0.3) is 16.9 Å². The van der Waals surface area contributed by atoms with Gasteiger partial charge in [0.25, 0.3) is 5.91 Å². The minimum Gasteiger partial charge on any atom is -0.369 e. The van der Waals surface area contributed by atoms with E-state index in [1.54, 1.807) is 18.5 Å². The summed E-state index contributed by atoms with van der Waals surface area (Å²) in [6.45, 7) is 4.25.